The van der Waals surface area contributed by atoms with Crippen LogP contribution < -0.4 is 0 Å². The van der Waals surface area contributed by atoms with Gasteiger partial charge in [0.05, 0.1) is 0 Å². The molecular formula is C25H32N4O2. The molecule has 1 aromatic carbocycles. The van der Waals surface area contributed by atoms with E-state index in [-0.39, 0.29) is 17.9 Å². The minimum atomic E-state index is -0.0452. The van der Waals surface area contributed by atoms with Crippen molar-refractivity contribution in [2.75, 3.05) is 20.1 Å². The summed E-state index contributed by atoms with van der Waals surface area (Å²) in [5.41, 5.74) is 2.69. The van der Waals surface area contributed by atoms with E-state index in [9.17, 15) is 9.59 Å². The number of nitrogens with zero attached hydrogens (tertiary/aromatic N) is 4. The third-order valence-corrected chi connectivity index (χ3v) is 6.72. The number of carbonyl (C=O) groups excluding carboxylic acids is 2. The number of likely N-dealkylation sites (N-methyl/N-ethyl adjacent to an activating group) is 1. The van der Waals surface area contributed by atoms with E-state index in [2.05, 4.69) is 23.3 Å². The van der Waals surface area contributed by atoms with Crippen LogP contribution in [-0.4, -0.2) is 57.6 Å². The van der Waals surface area contributed by atoms with Gasteiger partial charge in [-0.15, -0.1) is 0 Å². The second-order valence-electron chi connectivity index (χ2n) is 8.80. The Morgan fingerprint density at radius 3 is 2.52 bits per heavy atom. The van der Waals surface area contributed by atoms with Crippen molar-refractivity contribution in [3.05, 3.63) is 65.5 Å². The lowest BCUT2D eigenvalue weighted by molar-refractivity contribution is -0.128. The number of carbonyl (C=O) groups is 2. The monoisotopic (exact) mass is 420 g/mol. The Bertz CT molecular complexity index is 941. The summed E-state index contributed by atoms with van der Waals surface area (Å²) in [6.07, 6.45) is 9.57. The summed E-state index contributed by atoms with van der Waals surface area (Å²) in [7, 11) is 3.72. The van der Waals surface area contributed by atoms with E-state index in [1.165, 1.54) is 5.56 Å². The van der Waals surface area contributed by atoms with E-state index >= 15 is 0 Å². The molecule has 0 unspecified atom stereocenters. The van der Waals surface area contributed by atoms with Crippen molar-refractivity contribution in [3.8, 4) is 0 Å². The van der Waals surface area contributed by atoms with Crippen LogP contribution in [0.3, 0.4) is 0 Å². The second-order valence-corrected chi connectivity index (χ2v) is 8.80. The Labute approximate surface area is 184 Å². The number of aromatic nitrogens is 2. The van der Waals surface area contributed by atoms with Gasteiger partial charge >= 0.3 is 0 Å². The van der Waals surface area contributed by atoms with Gasteiger partial charge in [0, 0.05) is 45.0 Å². The molecule has 6 heteroatoms. The SMILES string of the molecule is CN(C(=O)c1ccn(C)n1)[C@@H](Cc1ccccc1)C1CCN(C(=O)C2=CCCC2)CC1. The van der Waals surface area contributed by atoms with Gasteiger partial charge in [0.15, 0.2) is 0 Å². The van der Waals surface area contributed by atoms with Crippen LogP contribution in [0.4, 0.5) is 0 Å². The summed E-state index contributed by atoms with van der Waals surface area (Å²) in [4.78, 5) is 29.8. The molecule has 4 rings (SSSR count). The number of likely N-dealkylation sites (tertiary alicyclic amines) is 1. The number of rotatable bonds is 6. The molecular weight excluding hydrogens is 388 g/mol. The number of allylic oxidation sites excluding steroid dienone is 1. The quantitative estimate of drug-likeness (QED) is 0.719. The average Bonchev–Trinajstić information content (AvgIpc) is 3.49. The van der Waals surface area contributed by atoms with E-state index in [4.69, 9.17) is 0 Å². The maximum Gasteiger partial charge on any atom is 0.274 e. The van der Waals surface area contributed by atoms with E-state index < -0.39 is 0 Å². The van der Waals surface area contributed by atoms with Crippen molar-refractivity contribution in [1.82, 2.24) is 19.6 Å². The number of piperidine rings is 1. The molecule has 0 bridgehead atoms. The zero-order valence-corrected chi connectivity index (χ0v) is 18.5. The number of amides is 2. The van der Waals surface area contributed by atoms with Crippen molar-refractivity contribution in [2.45, 2.75) is 44.6 Å². The standard InChI is InChI=1S/C25H32N4O2/c1-27-15-14-22(26-27)25(31)28(2)23(18-19-8-4-3-5-9-19)20-12-16-29(17-13-20)24(30)21-10-6-7-11-21/h3-5,8-10,14-15,20,23H,6-7,11-13,16-18H2,1-2H3/t23-/m0/s1. The fourth-order valence-corrected chi connectivity index (χ4v) is 4.89. The molecule has 1 saturated heterocycles. The van der Waals surface area contributed by atoms with Crippen LogP contribution in [0.25, 0.3) is 0 Å². The molecule has 2 heterocycles. The maximum atomic E-state index is 13.2. The number of aryl methyl sites for hydroxylation is 1. The minimum Gasteiger partial charge on any atom is -0.339 e. The number of hydrogen-bond acceptors (Lipinski definition) is 3. The third kappa shape index (κ3) is 4.89. The Balaban J connectivity index is 1.48. The largest absolute Gasteiger partial charge is 0.339 e. The molecule has 2 amide bonds. The first-order chi connectivity index (χ1) is 15.0. The topological polar surface area (TPSA) is 58.4 Å². The van der Waals surface area contributed by atoms with Crippen LogP contribution in [0.5, 0.6) is 0 Å². The first-order valence-corrected chi connectivity index (χ1v) is 11.3. The molecule has 1 aliphatic heterocycles. The normalized spacial score (nSPS) is 18.0. The summed E-state index contributed by atoms with van der Waals surface area (Å²) in [5.74, 6) is 0.518. The van der Waals surface area contributed by atoms with Crippen molar-refractivity contribution < 1.29 is 9.59 Å². The fourth-order valence-electron chi connectivity index (χ4n) is 4.89. The zero-order valence-electron chi connectivity index (χ0n) is 18.5. The Hall–Kier alpha value is -2.89. The van der Waals surface area contributed by atoms with Gasteiger partial charge in [-0.3, -0.25) is 14.3 Å². The summed E-state index contributed by atoms with van der Waals surface area (Å²) >= 11 is 0. The summed E-state index contributed by atoms with van der Waals surface area (Å²) in [5, 5.41) is 4.31. The zero-order chi connectivity index (χ0) is 21.8. The van der Waals surface area contributed by atoms with Crippen molar-refractivity contribution in [2.24, 2.45) is 13.0 Å². The van der Waals surface area contributed by atoms with Crippen molar-refractivity contribution in [1.29, 1.82) is 0 Å². The molecule has 0 radical (unpaired) electrons. The third-order valence-electron chi connectivity index (χ3n) is 6.72. The molecule has 1 atom stereocenters. The predicted molar refractivity (Wildman–Crippen MR) is 120 cm³/mol. The van der Waals surface area contributed by atoms with E-state index in [0.29, 0.717) is 11.6 Å². The van der Waals surface area contributed by atoms with Crippen molar-refractivity contribution in [3.63, 3.8) is 0 Å². The molecule has 0 spiro atoms. The molecule has 0 N–H and O–H groups in total. The van der Waals surface area contributed by atoms with Crippen LogP contribution in [-0.2, 0) is 18.3 Å². The summed E-state index contributed by atoms with van der Waals surface area (Å²) < 4.78 is 1.66. The van der Waals surface area contributed by atoms with Gasteiger partial charge in [-0.1, -0.05) is 36.4 Å². The first-order valence-electron chi connectivity index (χ1n) is 11.3. The average molecular weight is 421 g/mol. The highest BCUT2D eigenvalue weighted by molar-refractivity contribution is 5.94. The minimum absolute atomic E-state index is 0.0452. The number of benzene rings is 1. The van der Waals surface area contributed by atoms with Gasteiger partial charge in [-0.25, -0.2) is 0 Å². The highest BCUT2D eigenvalue weighted by Gasteiger charge is 2.34. The molecule has 1 fully saturated rings. The maximum absolute atomic E-state index is 13.2. The van der Waals surface area contributed by atoms with Crippen LogP contribution in [0.1, 0.15) is 48.2 Å². The van der Waals surface area contributed by atoms with Gasteiger partial charge in [-0.05, 0) is 56.1 Å². The molecule has 1 aliphatic carbocycles. The van der Waals surface area contributed by atoms with E-state index in [1.807, 2.05) is 42.1 Å². The van der Waals surface area contributed by atoms with Crippen LogP contribution in [0.15, 0.2) is 54.2 Å². The van der Waals surface area contributed by atoms with Crippen LogP contribution in [0, 0.1) is 5.92 Å². The highest BCUT2D eigenvalue weighted by Crippen LogP contribution is 2.29. The number of hydrogen-bond donors (Lipinski definition) is 0. The molecule has 164 valence electrons. The summed E-state index contributed by atoms with van der Waals surface area (Å²) in [6, 6.07) is 12.2. The van der Waals surface area contributed by atoms with E-state index in [0.717, 1.165) is 57.2 Å². The molecule has 31 heavy (non-hydrogen) atoms. The predicted octanol–water partition coefficient (Wildman–Crippen LogP) is 3.45. The van der Waals surface area contributed by atoms with E-state index in [1.54, 1.807) is 16.9 Å². The highest BCUT2D eigenvalue weighted by atomic mass is 16.2. The van der Waals surface area contributed by atoms with Crippen LogP contribution >= 0.6 is 0 Å². The Morgan fingerprint density at radius 1 is 1.16 bits per heavy atom. The summed E-state index contributed by atoms with van der Waals surface area (Å²) in [6.45, 7) is 1.52. The smallest absolute Gasteiger partial charge is 0.274 e. The van der Waals surface area contributed by atoms with Crippen LogP contribution in [0.2, 0.25) is 0 Å². The van der Waals surface area contributed by atoms with Crippen molar-refractivity contribution >= 4 is 11.8 Å². The lowest BCUT2D eigenvalue weighted by Gasteiger charge is -2.40. The second kappa shape index (κ2) is 9.50. The first kappa shape index (κ1) is 21.3. The Morgan fingerprint density at radius 2 is 1.90 bits per heavy atom. The van der Waals surface area contributed by atoms with Gasteiger partial charge in [-0.2, -0.15) is 5.10 Å². The Kier molecular flexibility index (Phi) is 6.54. The lowest BCUT2D eigenvalue weighted by Crippen LogP contribution is -2.48. The molecule has 0 saturated carbocycles. The molecule has 2 aliphatic rings. The van der Waals surface area contributed by atoms with Gasteiger partial charge in [0.1, 0.15) is 5.69 Å². The fraction of sp³-hybridized carbons (Fsp3) is 0.480. The van der Waals surface area contributed by atoms with Gasteiger partial charge in [0.25, 0.3) is 5.91 Å². The molecule has 6 nitrogen and oxygen atoms in total. The lowest BCUT2D eigenvalue weighted by atomic mass is 9.84. The molecule has 2 aromatic rings. The molecule has 1 aromatic heterocycles. The van der Waals surface area contributed by atoms with Gasteiger partial charge < -0.3 is 9.80 Å². The van der Waals surface area contributed by atoms with Gasteiger partial charge in [0.2, 0.25) is 5.91 Å².